The number of allylic oxidation sites excluding steroid dienone is 5. The van der Waals surface area contributed by atoms with Crippen LogP contribution in [0.5, 0.6) is 5.19 Å². The average molecular weight is 322 g/mol. The highest BCUT2D eigenvalue weighted by atomic mass is 32.1. The van der Waals surface area contributed by atoms with Crippen molar-refractivity contribution in [2.45, 2.75) is 33.3 Å². The fourth-order valence-corrected chi connectivity index (χ4v) is 2.34. The van der Waals surface area contributed by atoms with Crippen molar-refractivity contribution in [3.8, 4) is 5.19 Å². The molecule has 1 aromatic heterocycles. The maximum Gasteiger partial charge on any atom is 0.412 e. The van der Waals surface area contributed by atoms with Gasteiger partial charge in [-0.3, -0.25) is 5.32 Å². The molecule has 1 rings (SSSR count). The van der Waals surface area contributed by atoms with Gasteiger partial charge in [0.25, 0.3) is 5.19 Å². The highest BCUT2D eigenvalue weighted by Crippen LogP contribution is 2.35. The summed E-state index contributed by atoms with van der Waals surface area (Å²) < 4.78 is 10.4. The largest absolute Gasteiger partial charge is 0.473 e. The maximum atomic E-state index is 12.0. The first-order valence-corrected chi connectivity index (χ1v) is 7.63. The van der Waals surface area contributed by atoms with Crippen LogP contribution in [0.3, 0.4) is 0 Å². The van der Waals surface area contributed by atoms with E-state index in [-0.39, 0.29) is 0 Å². The lowest BCUT2D eigenvalue weighted by Crippen LogP contribution is -2.27. The van der Waals surface area contributed by atoms with Crippen molar-refractivity contribution in [2.24, 2.45) is 0 Å². The fourth-order valence-electron chi connectivity index (χ4n) is 1.55. The summed E-state index contributed by atoms with van der Waals surface area (Å²) in [5, 5.41) is 3.77. The van der Waals surface area contributed by atoms with Gasteiger partial charge in [-0.05, 0) is 33.3 Å². The second kappa shape index (κ2) is 7.79. The molecule has 1 heterocycles. The molecule has 1 aromatic rings. The number of carbonyl (C=O) groups excluding carboxylic acids is 1. The van der Waals surface area contributed by atoms with Crippen LogP contribution in [-0.2, 0) is 4.74 Å². The highest BCUT2D eigenvalue weighted by molar-refractivity contribution is 7.17. The Morgan fingerprint density at radius 3 is 2.59 bits per heavy atom. The number of thiazole rings is 1. The van der Waals surface area contributed by atoms with Crippen LogP contribution in [0.15, 0.2) is 30.9 Å². The summed E-state index contributed by atoms with van der Waals surface area (Å²) >= 11 is 1.25. The van der Waals surface area contributed by atoms with Crippen LogP contribution in [0.25, 0.3) is 5.57 Å². The minimum absolute atomic E-state index is 0.465. The molecule has 0 aliphatic rings. The minimum Gasteiger partial charge on any atom is -0.473 e. The molecule has 0 aliphatic heterocycles. The summed E-state index contributed by atoms with van der Waals surface area (Å²) in [5.41, 5.74) is 0.921. The van der Waals surface area contributed by atoms with Crippen molar-refractivity contribution in [3.05, 3.63) is 36.6 Å². The lowest BCUT2D eigenvalue weighted by Gasteiger charge is -2.19. The molecule has 0 unspecified atom stereocenters. The molecule has 1 N–H and O–H groups in total. The smallest absolute Gasteiger partial charge is 0.412 e. The number of rotatable bonds is 5. The van der Waals surface area contributed by atoms with Crippen molar-refractivity contribution >= 4 is 28.0 Å². The van der Waals surface area contributed by atoms with Gasteiger partial charge in [0.1, 0.15) is 16.3 Å². The van der Waals surface area contributed by atoms with Crippen LogP contribution in [-0.4, -0.2) is 23.8 Å². The maximum absolute atomic E-state index is 12.0. The molecule has 0 bridgehead atoms. The van der Waals surface area contributed by atoms with E-state index in [1.807, 2.05) is 39.8 Å². The third kappa shape index (κ3) is 5.37. The zero-order chi connectivity index (χ0) is 16.8. The first kappa shape index (κ1) is 18.0. The Balaban J connectivity index is 3.08. The van der Waals surface area contributed by atoms with Crippen molar-refractivity contribution < 1.29 is 14.3 Å². The van der Waals surface area contributed by atoms with Gasteiger partial charge in [0.2, 0.25) is 0 Å². The van der Waals surface area contributed by atoms with Crippen LogP contribution in [0, 0.1) is 0 Å². The lowest BCUT2D eigenvalue weighted by molar-refractivity contribution is 0.0636. The number of amides is 1. The van der Waals surface area contributed by atoms with Gasteiger partial charge in [0.15, 0.2) is 0 Å². The molecule has 0 aliphatic carbocycles. The Bertz CT molecular complexity index is 595. The number of ether oxygens (including phenoxy) is 2. The van der Waals surface area contributed by atoms with Crippen molar-refractivity contribution in [1.29, 1.82) is 0 Å². The normalized spacial score (nSPS) is 12.3. The number of nitrogens with zero attached hydrogens (tertiary/aromatic N) is 1. The van der Waals surface area contributed by atoms with Gasteiger partial charge in [-0.2, -0.15) is 0 Å². The van der Waals surface area contributed by atoms with Gasteiger partial charge in [-0.15, -0.1) is 0 Å². The quantitative estimate of drug-likeness (QED) is 0.802. The van der Waals surface area contributed by atoms with Crippen LogP contribution >= 0.6 is 11.3 Å². The van der Waals surface area contributed by atoms with Gasteiger partial charge in [-0.1, -0.05) is 42.2 Å². The summed E-state index contributed by atoms with van der Waals surface area (Å²) in [6.07, 6.45) is 6.71. The third-order valence-corrected chi connectivity index (χ3v) is 3.33. The van der Waals surface area contributed by atoms with Crippen LogP contribution in [0.2, 0.25) is 0 Å². The van der Waals surface area contributed by atoms with Gasteiger partial charge < -0.3 is 9.47 Å². The molecule has 22 heavy (non-hydrogen) atoms. The molecule has 5 nitrogen and oxygen atoms in total. The van der Waals surface area contributed by atoms with E-state index < -0.39 is 11.7 Å². The topological polar surface area (TPSA) is 60.5 Å². The number of anilines is 1. The van der Waals surface area contributed by atoms with Crippen molar-refractivity contribution in [1.82, 2.24) is 4.98 Å². The molecule has 0 fully saturated rings. The molecule has 120 valence electrons. The monoisotopic (exact) mass is 322 g/mol. The van der Waals surface area contributed by atoms with E-state index in [1.165, 1.54) is 18.4 Å². The van der Waals surface area contributed by atoms with E-state index in [0.29, 0.717) is 15.9 Å². The molecular formula is C16H22N2O3S. The Hall–Kier alpha value is -2.08. The molecule has 0 spiro atoms. The Morgan fingerprint density at radius 1 is 1.41 bits per heavy atom. The molecule has 0 aromatic carbocycles. The standard InChI is InChI=1S/C16H22N2O3S/c1-7-9-10-11(8-2)12-13(22-15(17-12)20-6)18-14(19)21-16(3,4)5/h7-10H,1H2,2-6H3,(H,18,19)/b10-9-,11-8+. The molecule has 6 heteroatoms. The number of hydrogen-bond donors (Lipinski definition) is 1. The second-order valence-corrected chi connectivity index (χ2v) is 6.29. The first-order chi connectivity index (χ1) is 10.3. The summed E-state index contributed by atoms with van der Waals surface area (Å²) in [6, 6.07) is 0. The van der Waals surface area contributed by atoms with Crippen molar-refractivity contribution in [3.63, 3.8) is 0 Å². The molecule has 0 saturated heterocycles. The predicted octanol–water partition coefficient (Wildman–Crippen LogP) is 4.64. The van der Waals surface area contributed by atoms with Gasteiger partial charge in [0.05, 0.1) is 7.11 Å². The van der Waals surface area contributed by atoms with E-state index in [0.717, 1.165) is 5.57 Å². The molecular weight excluding hydrogens is 300 g/mol. The van der Waals surface area contributed by atoms with Gasteiger partial charge in [0, 0.05) is 0 Å². The van der Waals surface area contributed by atoms with E-state index in [2.05, 4.69) is 16.9 Å². The van der Waals surface area contributed by atoms with Crippen LogP contribution in [0.1, 0.15) is 33.4 Å². The first-order valence-electron chi connectivity index (χ1n) is 6.81. The van der Waals surface area contributed by atoms with Crippen molar-refractivity contribution in [2.75, 3.05) is 12.4 Å². The van der Waals surface area contributed by atoms with E-state index in [4.69, 9.17) is 9.47 Å². The second-order valence-electron chi connectivity index (χ2n) is 5.33. The number of aromatic nitrogens is 1. The molecule has 0 atom stereocenters. The van der Waals surface area contributed by atoms with E-state index in [9.17, 15) is 4.79 Å². The van der Waals surface area contributed by atoms with E-state index >= 15 is 0 Å². The van der Waals surface area contributed by atoms with Crippen LogP contribution in [0.4, 0.5) is 9.80 Å². The number of nitrogens with one attached hydrogen (secondary N) is 1. The SMILES string of the molecule is C=C/C=C\C(=C/C)c1nc(OC)sc1NC(=O)OC(C)(C)C. The third-order valence-electron chi connectivity index (χ3n) is 2.39. The van der Waals surface area contributed by atoms with Crippen LogP contribution < -0.4 is 10.1 Å². The molecule has 1 amide bonds. The van der Waals surface area contributed by atoms with E-state index in [1.54, 1.807) is 12.2 Å². The van der Waals surface area contributed by atoms with Gasteiger partial charge >= 0.3 is 6.09 Å². The number of carbonyl (C=O) groups is 1. The molecule has 0 radical (unpaired) electrons. The highest BCUT2D eigenvalue weighted by Gasteiger charge is 2.20. The number of methoxy groups -OCH3 is 1. The zero-order valence-corrected chi connectivity index (χ0v) is 14.4. The average Bonchev–Trinajstić information content (AvgIpc) is 2.80. The fraction of sp³-hybridized carbons (Fsp3) is 0.375. The summed E-state index contributed by atoms with van der Waals surface area (Å²) in [5.74, 6) is 0. The zero-order valence-electron chi connectivity index (χ0n) is 13.6. The predicted molar refractivity (Wildman–Crippen MR) is 91.5 cm³/mol. The Labute approximate surface area is 135 Å². The lowest BCUT2D eigenvalue weighted by atomic mass is 10.1. The summed E-state index contributed by atoms with van der Waals surface area (Å²) in [7, 11) is 1.54. The minimum atomic E-state index is -0.564. The Morgan fingerprint density at radius 2 is 2.09 bits per heavy atom. The summed E-state index contributed by atoms with van der Waals surface area (Å²) in [6.45, 7) is 11.0. The summed E-state index contributed by atoms with van der Waals surface area (Å²) in [4.78, 5) is 16.3. The van der Waals surface area contributed by atoms with Gasteiger partial charge in [-0.25, -0.2) is 9.78 Å². The Kier molecular flexibility index (Phi) is 6.37. The number of hydrogen-bond acceptors (Lipinski definition) is 5. The molecule has 0 saturated carbocycles.